The molecule has 0 radical (unpaired) electrons. The molecule has 9 heteroatoms. The van der Waals surface area contributed by atoms with Gasteiger partial charge in [0.2, 0.25) is 0 Å². The summed E-state index contributed by atoms with van der Waals surface area (Å²) in [5.41, 5.74) is 0.608. The molecule has 0 spiro atoms. The van der Waals surface area contributed by atoms with Crippen molar-refractivity contribution in [2.45, 2.75) is 23.6 Å². The van der Waals surface area contributed by atoms with Crippen LogP contribution in [-0.2, 0) is 15.4 Å². The molecule has 1 unspecified atom stereocenters. The average Bonchev–Trinajstić information content (AvgIpc) is 2.88. The van der Waals surface area contributed by atoms with Gasteiger partial charge in [0, 0.05) is 11.6 Å². The number of hydrogen-bond donors (Lipinski definition) is 3. The normalized spacial score (nSPS) is 16.3. The topological polar surface area (TPSA) is 109 Å². The number of carbonyl (C=O) groups is 1. The Balaban J connectivity index is 1.81. The molecular formula is C25H28N4O4S. The van der Waals surface area contributed by atoms with Crippen LogP contribution in [0.2, 0.25) is 0 Å². The average molecular weight is 481 g/mol. The SMILES string of the molecule is COc1ccccc1C(=O)NC(C1(c2ccccc2)CCNCC1)S(=O)(=O)Nc1cccnc1. The fourth-order valence-corrected chi connectivity index (χ4v) is 6.33. The summed E-state index contributed by atoms with van der Waals surface area (Å²) in [5.74, 6) is -0.150. The molecule has 2 heterocycles. The number of piperidine rings is 1. The minimum atomic E-state index is -4.09. The van der Waals surface area contributed by atoms with E-state index in [1.165, 1.54) is 13.3 Å². The van der Waals surface area contributed by atoms with Gasteiger partial charge in [-0.2, -0.15) is 0 Å². The first-order valence-corrected chi connectivity index (χ1v) is 12.6. The molecule has 34 heavy (non-hydrogen) atoms. The van der Waals surface area contributed by atoms with Gasteiger partial charge in [-0.1, -0.05) is 42.5 Å². The first kappa shape index (κ1) is 23.7. The van der Waals surface area contributed by atoms with E-state index in [1.54, 1.807) is 42.6 Å². The van der Waals surface area contributed by atoms with Crippen LogP contribution in [0.15, 0.2) is 79.1 Å². The molecule has 2 aromatic carbocycles. The summed E-state index contributed by atoms with van der Waals surface area (Å²) in [4.78, 5) is 17.4. The molecule has 1 atom stereocenters. The number of para-hydroxylation sites is 1. The van der Waals surface area contributed by atoms with Crippen LogP contribution in [-0.4, -0.2) is 44.9 Å². The summed E-state index contributed by atoms with van der Waals surface area (Å²) in [6, 6.07) is 19.5. The fourth-order valence-electron chi connectivity index (χ4n) is 4.53. The zero-order valence-electron chi connectivity index (χ0n) is 18.9. The minimum absolute atomic E-state index is 0.267. The van der Waals surface area contributed by atoms with E-state index in [9.17, 15) is 13.2 Å². The van der Waals surface area contributed by atoms with E-state index in [-0.39, 0.29) is 5.56 Å². The number of sulfonamides is 1. The van der Waals surface area contributed by atoms with E-state index in [0.29, 0.717) is 37.4 Å². The molecule has 1 saturated heterocycles. The summed E-state index contributed by atoms with van der Waals surface area (Å²) < 4.78 is 35.8. The van der Waals surface area contributed by atoms with Gasteiger partial charge in [0.05, 0.1) is 24.6 Å². The Morgan fingerprint density at radius 2 is 1.74 bits per heavy atom. The number of anilines is 1. The van der Waals surface area contributed by atoms with Crippen molar-refractivity contribution in [2.75, 3.05) is 24.9 Å². The zero-order valence-corrected chi connectivity index (χ0v) is 19.7. The van der Waals surface area contributed by atoms with Gasteiger partial charge in [-0.3, -0.25) is 14.5 Å². The lowest BCUT2D eigenvalue weighted by Crippen LogP contribution is -2.59. The Bertz CT molecular complexity index is 1210. The maximum atomic E-state index is 13.9. The Labute approximate surface area is 199 Å². The van der Waals surface area contributed by atoms with Crippen LogP contribution in [0.4, 0.5) is 5.69 Å². The second-order valence-electron chi connectivity index (χ2n) is 8.21. The third-order valence-electron chi connectivity index (χ3n) is 6.19. The van der Waals surface area contributed by atoms with Crippen molar-refractivity contribution in [3.8, 4) is 5.75 Å². The number of carbonyl (C=O) groups excluding carboxylic acids is 1. The van der Waals surface area contributed by atoms with Gasteiger partial charge in [-0.05, 0) is 55.8 Å². The standard InChI is InChI=1S/C25H28N4O4S/c1-33-22-12-6-5-11-21(22)23(30)28-24(34(31,32)29-20-10-7-15-27-18-20)25(13-16-26-17-14-25)19-8-3-2-4-9-19/h2-12,15,18,24,26,29H,13-14,16-17H2,1H3,(H,28,30). The second-order valence-corrected chi connectivity index (χ2v) is 9.98. The highest BCUT2D eigenvalue weighted by molar-refractivity contribution is 7.93. The monoisotopic (exact) mass is 480 g/mol. The van der Waals surface area contributed by atoms with Gasteiger partial charge in [-0.15, -0.1) is 0 Å². The van der Waals surface area contributed by atoms with E-state index in [2.05, 4.69) is 20.3 Å². The van der Waals surface area contributed by atoms with Gasteiger partial charge < -0.3 is 15.4 Å². The highest BCUT2D eigenvalue weighted by atomic mass is 32.2. The van der Waals surface area contributed by atoms with Crippen molar-refractivity contribution in [3.63, 3.8) is 0 Å². The molecule has 1 aliphatic rings. The molecular weight excluding hydrogens is 452 g/mol. The van der Waals surface area contributed by atoms with Crippen LogP contribution >= 0.6 is 0 Å². The van der Waals surface area contributed by atoms with Crippen molar-refractivity contribution in [1.29, 1.82) is 0 Å². The van der Waals surface area contributed by atoms with Crippen LogP contribution in [0.3, 0.4) is 0 Å². The number of pyridine rings is 1. The van der Waals surface area contributed by atoms with Crippen molar-refractivity contribution in [3.05, 3.63) is 90.3 Å². The summed E-state index contributed by atoms with van der Waals surface area (Å²) in [5, 5.41) is 4.92. The lowest BCUT2D eigenvalue weighted by atomic mass is 9.72. The third-order valence-corrected chi connectivity index (χ3v) is 7.90. The van der Waals surface area contributed by atoms with Crippen LogP contribution < -0.4 is 20.1 Å². The third kappa shape index (κ3) is 4.90. The predicted octanol–water partition coefficient (Wildman–Crippen LogP) is 2.91. The Hall–Kier alpha value is -3.43. The number of amides is 1. The molecule has 3 aromatic rings. The van der Waals surface area contributed by atoms with Crippen LogP contribution in [0.5, 0.6) is 5.75 Å². The molecule has 4 rings (SSSR count). The van der Waals surface area contributed by atoms with Gasteiger partial charge in [0.1, 0.15) is 5.75 Å². The number of rotatable bonds is 8. The molecule has 1 aromatic heterocycles. The molecule has 1 aliphatic heterocycles. The van der Waals surface area contributed by atoms with Crippen molar-refractivity contribution in [2.24, 2.45) is 0 Å². The van der Waals surface area contributed by atoms with Crippen molar-refractivity contribution < 1.29 is 17.9 Å². The molecule has 1 amide bonds. The maximum Gasteiger partial charge on any atom is 0.256 e. The van der Waals surface area contributed by atoms with Crippen molar-refractivity contribution in [1.82, 2.24) is 15.6 Å². The van der Waals surface area contributed by atoms with E-state index >= 15 is 0 Å². The smallest absolute Gasteiger partial charge is 0.256 e. The number of nitrogens with one attached hydrogen (secondary N) is 3. The highest BCUT2D eigenvalue weighted by Gasteiger charge is 2.49. The Kier molecular flexibility index (Phi) is 7.14. The first-order valence-electron chi connectivity index (χ1n) is 11.1. The van der Waals surface area contributed by atoms with Crippen LogP contribution in [0.25, 0.3) is 0 Å². The second kappa shape index (κ2) is 10.2. The summed E-state index contributed by atoms with van der Waals surface area (Å²) in [6.45, 7) is 1.25. The van der Waals surface area contributed by atoms with Gasteiger partial charge in [0.15, 0.2) is 5.37 Å². The molecule has 0 aliphatic carbocycles. The number of ether oxygens (including phenoxy) is 1. The quantitative estimate of drug-likeness (QED) is 0.457. The van der Waals surface area contributed by atoms with E-state index < -0.39 is 26.7 Å². The fraction of sp³-hybridized carbons (Fsp3) is 0.280. The highest BCUT2D eigenvalue weighted by Crippen LogP contribution is 2.39. The lowest BCUT2D eigenvalue weighted by molar-refractivity contribution is 0.0922. The zero-order chi connectivity index (χ0) is 24.0. The molecule has 178 valence electrons. The van der Waals surface area contributed by atoms with Crippen LogP contribution in [0, 0.1) is 0 Å². The number of aromatic nitrogens is 1. The Morgan fingerprint density at radius 1 is 1.03 bits per heavy atom. The summed E-state index contributed by atoms with van der Waals surface area (Å²) >= 11 is 0. The number of nitrogens with zero attached hydrogens (tertiary/aromatic N) is 1. The predicted molar refractivity (Wildman–Crippen MR) is 131 cm³/mol. The van der Waals surface area contributed by atoms with Gasteiger partial charge in [-0.25, -0.2) is 8.42 Å². The van der Waals surface area contributed by atoms with E-state index in [0.717, 1.165) is 5.56 Å². The summed E-state index contributed by atoms with van der Waals surface area (Å²) in [6.07, 6.45) is 4.06. The van der Waals surface area contributed by atoms with Crippen molar-refractivity contribution >= 4 is 21.6 Å². The molecule has 1 fully saturated rings. The number of benzene rings is 2. The number of hydrogen-bond acceptors (Lipinski definition) is 6. The molecule has 8 nitrogen and oxygen atoms in total. The minimum Gasteiger partial charge on any atom is -0.496 e. The van der Waals surface area contributed by atoms with E-state index in [4.69, 9.17) is 4.74 Å². The Morgan fingerprint density at radius 3 is 2.41 bits per heavy atom. The van der Waals surface area contributed by atoms with Crippen LogP contribution in [0.1, 0.15) is 28.8 Å². The first-order chi connectivity index (χ1) is 16.5. The molecule has 0 bridgehead atoms. The van der Waals surface area contributed by atoms with Gasteiger partial charge in [0.25, 0.3) is 15.9 Å². The lowest BCUT2D eigenvalue weighted by Gasteiger charge is -2.43. The van der Waals surface area contributed by atoms with Gasteiger partial charge >= 0.3 is 0 Å². The van der Waals surface area contributed by atoms with E-state index in [1.807, 2.05) is 30.3 Å². The summed E-state index contributed by atoms with van der Waals surface area (Å²) in [7, 11) is -2.62. The largest absolute Gasteiger partial charge is 0.496 e. The molecule has 0 saturated carbocycles. The maximum absolute atomic E-state index is 13.9. The molecule has 3 N–H and O–H groups in total. The number of methoxy groups -OCH3 is 1.